The fraction of sp³-hybridized carbons (Fsp3) is 0.625. The van der Waals surface area contributed by atoms with Crippen LogP contribution in [0.15, 0.2) is 42.5 Å². The van der Waals surface area contributed by atoms with E-state index < -0.39 is 33.7 Å². The van der Waals surface area contributed by atoms with Crippen molar-refractivity contribution in [1.82, 2.24) is 10.2 Å². The summed E-state index contributed by atoms with van der Waals surface area (Å²) in [6.45, 7) is 6.75. The summed E-state index contributed by atoms with van der Waals surface area (Å²) in [5.41, 5.74) is 4.78. The van der Waals surface area contributed by atoms with Gasteiger partial charge < -0.3 is 15.5 Å². The molecule has 0 spiro atoms. The van der Waals surface area contributed by atoms with Gasteiger partial charge in [0.1, 0.15) is 15.9 Å². The summed E-state index contributed by atoms with van der Waals surface area (Å²) in [7, 11) is -3.02. The summed E-state index contributed by atoms with van der Waals surface area (Å²) >= 11 is 1.58. The molecule has 1 saturated carbocycles. The smallest absolute Gasteiger partial charge is 0.326 e. The molecule has 1 saturated heterocycles. The van der Waals surface area contributed by atoms with E-state index >= 15 is 0 Å². The molecule has 1 aliphatic carbocycles. The second-order valence-corrected chi connectivity index (χ2v) is 17.8. The fourth-order valence-electron chi connectivity index (χ4n) is 7.42. The normalized spacial score (nSPS) is 19.5. The van der Waals surface area contributed by atoms with Gasteiger partial charge in [-0.1, -0.05) is 82.7 Å². The average molecular weight is 745 g/mol. The third-order valence-electron chi connectivity index (χ3n) is 10.4. The molecule has 0 aromatic heterocycles. The van der Waals surface area contributed by atoms with Crippen molar-refractivity contribution in [1.29, 1.82) is 0 Å². The van der Waals surface area contributed by atoms with E-state index in [2.05, 4.69) is 48.3 Å². The molecule has 4 rings (SSSR count). The quantitative estimate of drug-likeness (QED) is 0.148. The molecule has 9 nitrogen and oxygen atoms in total. The largest absolute Gasteiger partial charge is 0.481 e. The summed E-state index contributed by atoms with van der Waals surface area (Å²) in [5.74, 6) is -1.35. The number of hydrogen-bond acceptors (Lipinski definition) is 7. The molecule has 2 fully saturated rings. The number of aryl methyl sites for hydroxylation is 1. The number of carbonyl (C=O) groups excluding carboxylic acids is 1. The van der Waals surface area contributed by atoms with Gasteiger partial charge in [0.05, 0.1) is 11.7 Å². The first-order valence-corrected chi connectivity index (χ1v) is 22.1. The topological polar surface area (TPSA) is 141 Å². The third kappa shape index (κ3) is 13.9. The van der Waals surface area contributed by atoms with Gasteiger partial charge in [-0.25, -0.2) is 13.2 Å². The fourth-order valence-corrected chi connectivity index (χ4v) is 8.67. The van der Waals surface area contributed by atoms with Crippen LogP contribution in [0.1, 0.15) is 112 Å². The van der Waals surface area contributed by atoms with Crippen molar-refractivity contribution in [2.75, 3.05) is 24.0 Å². The summed E-state index contributed by atoms with van der Waals surface area (Å²) < 4.78 is 21.1. The maximum Gasteiger partial charge on any atom is 0.326 e. The lowest BCUT2D eigenvalue weighted by Gasteiger charge is -2.34. The van der Waals surface area contributed by atoms with Gasteiger partial charge in [-0.05, 0) is 97.8 Å². The van der Waals surface area contributed by atoms with Crippen LogP contribution in [0.5, 0.6) is 0 Å². The maximum absolute atomic E-state index is 13.5. The molecule has 1 heterocycles. The molecule has 0 radical (unpaired) electrons. The Morgan fingerprint density at radius 3 is 2.24 bits per heavy atom. The van der Waals surface area contributed by atoms with Gasteiger partial charge in [0.2, 0.25) is 0 Å². The van der Waals surface area contributed by atoms with E-state index in [0.717, 1.165) is 35.4 Å². The first-order chi connectivity index (χ1) is 24.2. The monoisotopic (exact) mass is 744 g/mol. The standard InChI is InChI=1S/C34H48N2O3S.C6H12O4S/c1-4-10-27-16-17-28(21-25-12-6-5-7-13-25)36(27)23-26-15-18-30(31(22-26)29-14-9-8-11-24(29)2)33(37)35-32(34(38)39)19-20-40-3;1-5(6(7)8)3-4-11(2,9)10/h8-9,11,14-15,18,22,25,27-28,32H,4-7,10,12-13,16-17,19-21,23H2,1-3H3,(H,35,37)(H,38,39);5H,3-4H2,1-2H3,(H,7,8)/t27?,28-,32?;/m0./s1. The van der Waals surface area contributed by atoms with Crippen molar-refractivity contribution >= 4 is 39.4 Å². The van der Waals surface area contributed by atoms with Gasteiger partial charge in [-0.2, -0.15) is 11.8 Å². The number of rotatable bonds is 17. The van der Waals surface area contributed by atoms with Crippen LogP contribution < -0.4 is 5.32 Å². The predicted molar refractivity (Wildman–Crippen MR) is 208 cm³/mol. The Bertz CT molecular complexity index is 1540. The number of carbonyl (C=O) groups is 3. The van der Waals surface area contributed by atoms with Crippen molar-refractivity contribution in [3.63, 3.8) is 0 Å². The van der Waals surface area contributed by atoms with Gasteiger partial charge in [0.15, 0.2) is 0 Å². The lowest BCUT2D eigenvalue weighted by atomic mass is 9.84. The third-order valence-corrected chi connectivity index (χ3v) is 12.0. The van der Waals surface area contributed by atoms with E-state index in [1.54, 1.807) is 11.8 Å². The first-order valence-electron chi connectivity index (χ1n) is 18.6. The molecule has 3 N–H and O–H groups in total. The van der Waals surface area contributed by atoms with E-state index in [1.165, 1.54) is 76.7 Å². The number of carboxylic acids is 2. The highest BCUT2D eigenvalue weighted by atomic mass is 32.2. The molecular formula is C40H60N2O7S2. The molecule has 11 heteroatoms. The molecule has 4 atom stereocenters. The van der Waals surface area contributed by atoms with Crippen LogP contribution in [-0.2, 0) is 26.0 Å². The molecule has 0 bridgehead atoms. The molecule has 284 valence electrons. The molecule has 2 aliphatic rings. The van der Waals surface area contributed by atoms with Crippen molar-refractivity contribution in [3.8, 4) is 11.1 Å². The minimum Gasteiger partial charge on any atom is -0.481 e. The number of benzene rings is 2. The number of aliphatic carboxylic acids is 2. The number of likely N-dealkylation sites (tertiary alicyclic amines) is 1. The van der Waals surface area contributed by atoms with E-state index in [9.17, 15) is 27.9 Å². The van der Waals surface area contributed by atoms with Crippen LogP contribution in [0.25, 0.3) is 11.1 Å². The Balaban J connectivity index is 0.000000551. The van der Waals surface area contributed by atoms with Gasteiger partial charge in [0.25, 0.3) is 5.91 Å². The second-order valence-electron chi connectivity index (χ2n) is 14.6. The highest BCUT2D eigenvalue weighted by molar-refractivity contribution is 7.98. The summed E-state index contributed by atoms with van der Waals surface area (Å²) in [6, 6.07) is 14.7. The zero-order chi connectivity index (χ0) is 37.6. The predicted octanol–water partition coefficient (Wildman–Crippen LogP) is 7.84. The van der Waals surface area contributed by atoms with Crippen LogP contribution in [0, 0.1) is 18.8 Å². The Morgan fingerprint density at radius 1 is 0.941 bits per heavy atom. The SMILES string of the molecule is CC(CCS(C)(=O)=O)C(=O)O.CCCC1CC[C@@H](CC2CCCCC2)N1Cc1ccc(C(=O)NC(CCSC)C(=O)O)c(-c2ccccc2C)c1. The number of thioether (sulfide) groups is 1. The first kappa shape index (κ1) is 42.5. The number of sulfone groups is 1. The molecule has 1 amide bonds. The van der Waals surface area contributed by atoms with Crippen LogP contribution in [0.4, 0.5) is 0 Å². The Kier molecular flexibility index (Phi) is 17.5. The Hall–Kier alpha value is -2.89. The van der Waals surface area contributed by atoms with Crippen molar-refractivity contribution in [2.24, 2.45) is 11.8 Å². The van der Waals surface area contributed by atoms with Gasteiger partial charge in [-0.15, -0.1) is 0 Å². The zero-order valence-electron chi connectivity index (χ0n) is 31.2. The minimum absolute atomic E-state index is 0.0551. The summed E-state index contributed by atoms with van der Waals surface area (Å²) in [4.78, 5) is 38.4. The molecule has 51 heavy (non-hydrogen) atoms. The molecule has 2 aromatic rings. The minimum atomic E-state index is -3.02. The van der Waals surface area contributed by atoms with E-state index in [-0.39, 0.29) is 18.1 Å². The summed E-state index contributed by atoms with van der Waals surface area (Å²) in [6.07, 6.45) is 16.9. The average Bonchev–Trinajstić information content (AvgIpc) is 3.45. The second kappa shape index (κ2) is 21.0. The lowest BCUT2D eigenvalue weighted by molar-refractivity contribution is -0.141. The van der Waals surface area contributed by atoms with Crippen molar-refractivity contribution in [3.05, 3.63) is 59.2 Å². The summed E-state index contributed by atoms with van der Waals surface area (Å²) in [5, 5.41) is 20.9. The van der Waals surface area contributed by atoms with Crippen molar-refractivity contribution < 1.29 is 33.0 Å². The van der Waals surface area contributed by atoms with Crippen molar-refractivity contribution in [2.45, 2.75) is 122 Å². The van der Waals surface area contributed by atoms with Crippen LogP contribution >= 0.6 is 11.8 Å². The lowest BCUT2D eigenvalue weighted by Crippen LogP contribution is -2.41. The molecule has 2 aromatic carbocycles. The zero-order valence-corrected chi connectivity index (χ0v) is 32.9. The van der Waals surface area contributed by atoms with E-state index in [1.807, 2.05) is 24.5 Å². The highest BCUT2D eigenvalue weighted by Crippen LogP contribution is 2.37. The van der Waals surface area contributed by atoms with Gasteiger partial charge in [-0.3, -0.25) is 14.5 Å². The molecule has 1 aliphatic heterocycles. The highest BCUT2D eigenvalue weighted by Gasteiger charge is 2.34. The van der Waals surface area contributed by atoms with Crippen LogP contribution in [-0.4, -0.2) is 83.5 Å². The number of carboxylic acid groups (broad SMARTS) is 2. The Morgan fingerprint density at radius 2 is 1.63 bits per heavy atom. The van der Waals surface area contributed by atoms with Gasteiger partial charge in [0, 0.05) is 30.4 Å². The van der Waals surface area contributed by atoms with Crippen LogP contribution in [0.3, 0.4) is 0 Å². The number of nitrogens with zero attached hydrogens (tertiary/aromatic N) is 1. The molecular weight excluding hydrogens is 685 g/mol. The van der Waals surface area contributed by atoms with E-state index in [4.69, 9.17) is 5.11 Å². The Labute approximate surface area is 310 Å². The van der Waals surface area contributed by atoms with Gasteiger partial charge >= 0.3 is 11.9 Å². The number of amides is 1. The number of hydrogen-bond donors (Lipinski definition) is 3. The number of nitrogens with one attached hydrogen (secondary N) is 1. The van der Waals surface area contributed by atoms with Crippen LogP contribution in [0.2, 0.25) is 0 Å². The van der Waals surface area contributed by atoms with E-state index in [0.29, 0.717) is 29.8 Å². The molecule has 3 unspecified atom stereocenters. The maximum atomic E-state index is 13.5.